The van der Waals surface area contributed by atoms with Crippen molar-refractivity contribution in [3.05, 3.63) is 54.6 Å². The van der Waals surface area contributed by atoms with Gasteiger partial charge in [0.05, 0.1) is 11.5 Å². The molecule has 0 spiro atoms. The topological polar surface area (TPSA) is 109 Å². The zero-order chi connectivity index (χ0) is 17.2. The molecule has 126 valence electrons. The third kappa shape index (κ3) is 3.01. The van der Waals surface area contributed by atoms with E-state index in [4.69, 9.17) is 14.7 Å². The zero-order valence-electron chi connectivity index (χ0n) is 13.2. The summed E-state index contributed by atoms with van der Waals surface area (Å²) in [5.41, 5.74) is 0.876. The summed E-state index contributed by atoms with van der Waals surface area (Å²) in [6.45, 7) is 1.94. The van der Waals surface area contributed by atoms with Crippen LogP contribution in [0.2, 0.25) is 0 Å². The summed E-state index contributed by atoms with van der Waals surface area (Å²) in [5.74, 6) is 8.04. The van der Waals surface area contributed by atoms with E-state index in [1.54, 1.807) is 18.4 Å². The Morgan fingerprint density at radius 2 is 1.88 bits per heavy atom. The summed E-state index contributed by atoms with van der Waals surface area (Å²) in [5, 5.41) is 16.8. The maximum atomic E-state index is 6.06. The van der Waals surface area contributed by atoms with Crippen LogP contribution in [0.1, 0.15) is 18.1 Å². The van der Waals surface area contributed by atoms with Gasteiger partial charge in [-0.25, -0.2) is 4.68 Å². The minimum atomic E-state index is -0.138. The van der Waals surface area contributed by atoms with E-state index in [1.807, 2.05) is 37.3 Å². The molecule has 0 saturated heterocycles. The van der Waals surface area contributed by atoms with Crippen LogP contribution in [-0.4, -0.2) is 25.1 Å². The van der Waals surface area contributed by atoms with Gasteiger partial charge < -0.3 is 14.7 Å². The first-order chi connectivity index (χ1) is 12.2. The van der Waals surface area contributed by atoms with E-state index in [2.05, 4.69) is 20.4 Å². The van der Waals surface area contributed by atoms with E-state index >= 15 is 0 Å². The number of thioether (sulfide) groups is 1. The molecule has 0 saturated carbocycles. The van der Waals surface area contributed by atoms with E-state index in [9.17, 15) is 0 Å². The predicted octanol–water partition coefficient (Wildman–Crippen LogP) is 3.16. The average molecular weight is 354 g/mol. The van der Waals surface area contributed by atoms with Crippen molar-refractivity contribution >= 4 is 11.8 Å². The molecule has 3 aromatic heterocycles. The van der Waals surface area contributed by atoms with Crippen LogP contribution in [0.4, 0.5) is 0 Å². The van der Waals surface area contributed by atoms with Gasteiger partial charge in [0.2, 0.25) is 22.8 Å². The maximum Gasteiger partial charge on any atom is 0.247 e. The molecule has 0 aliphatic rings. The number of nitrogen functional groups attached to an aromatic ring is 1. The average Bonchev–Trinajstić information content (AvgIpc) is 3.37. The molecule has 8 nitrogen and oxygen atoms in total. The second-order valence-corrected chi connectivity index (χ2v) is 6.53. The van der Waals surface area contributed by atoms with Gasteiger partial charge in [-0.3, -0.25) is 0 Å². The second kappa shape index (κ2) is 6.44. The molecular formula is C16H14N6O2S. The third-order valence-corrected chi connectivity index (χ3v) is 4.54. The summed E-state index contributed by atoms with van der Waals surface area (Å²) in [6, 6.07) is 13.2. The SMILES string of the molecule is C[C@@H](Sc1nnc(-c2ccco2)n1N)c1nnc(-c2ccccc2)o1. The number of hydrogen-bond donors (Lipinski definition) is 1. The fourth-order valence-corrected chi connectivity index (χ4v) is 3.04. The zero-order valence-corrected chi connectivity index (χ0v) is 14.1. The van der Waals surface area contributed by atoms with E-state index in [-0.39, 0.29) is 5.25 Å². The summed E-state index contributed by atoms with van der Waals surface area (Å²) in [6.07, 6.45) is 1.56. The normalized spacial score (nSPS) is 12.4. The van der Waals surface area contributed by atoms with Gasteiger partial charge in [0.15, 0.2) is 5.76 Å². The van der Waals surface area contributed by atoms with Crippen LogP contribution in [0.3, 0.4) is 0 Å². The minimum absolute atomic E-state index is 0.138. The molecule has 9 heteroatoms. The Labute approximate surface area is 147 Å². The lowest BCUT2D eigenvalue weighted by Crippen LogP contribution is -2.11. The van der Waals surface area contributed by atoms with E-state index in [1.165, 1.54) is 16.4 Å². The maximum absolute atomic E-state index is 6.06. The first kappa shape index (κ1) is 15.5. The standard InChI is InChI=1S/C16H14N6O2S/c1-10(14-19-20-15(24-14)11-6-3-2-4-7-11)25-16-21-18-13(22(16)17)12-8-5-9-23-12/h2-10H,17H2,1H3/t10-/m1/s1. The fourth-order valence-electron chi connectivity index (χ4n) is 2.24. The van der Waals surface area contributed by atoms with E-state index < -0.39 is 0 Å². The molecule has 0 bridgehead atoms. The van der Waals surface area contributed by atoms with Crippen molar-refractivity contribution in [2.75, 3.05) is 5.84 Å². The van der Waals surface area contributed by atoms with Gasteiger partial charge in [-0.15, -0.1) is 20.4 Å². The molecule has 0 aliphatic heterocycles. The summed E-state index contributed by atoms with van der Waals surface area (Å²) in [7, 11) is 0. The number of aromatic nitrogens is 5. The molecule has 0 fully saturated rings. The second-order valence-electron chi connectivity index (χ2n) is 5.23. The van der Waals surface area contributed by atoms with Crippen molar-refractivity contribution in [2.24, 2.45) is 0 Å². The number of furan rings is 1. The highest BCUT2D eigenvalue weighted by Crippen LogP contribution is 2.34. The molecule has 2 N–H and O–H groups in total. The van der Waals surface area contributed by atoms with Crippen molar-refractivity contribution in [3.63, 3.8) is 0 Å². The Balaban J connectivity index is 1.53. The molecule has 4 aromatic rings. The van der Waals surface area contributed by atoms with Crippen LogP contribution in [0.5, 0.6) is 0 Å². The van der Waals surface area contributed by atoms with Gasteiger partial charge in [0.25, 0.3) is 0 Å². The highest BCUT2D eigenvalue weighted by molar-refractivity contribution is 7.99. The number of nitrogens with two attached hydrogens (primary N) is 1. The van der Waals surface area contributed by atoms with E-state index in [0.717, 1.165) is 5.56 Å². The monoisotopic (exact) mass is 354 g/mol. The van der Waals surface area contributed by atoms with Crippen molar-refractivity contribution in [1.29, 1.82) is 0 Å². The smallest absolute Gasteiger partial charge is 0.247 e. The van der Waals surface area contributed by atoms with Crippen LogP contribution in [-0.2, 0) is 0 Å². The molecular weight excluding hydrogens is 340 g/mol. The van der Waals surface area contributed by atoms with Crippen LogP contribution < -0.4 is 5.84 Å². The Morgan fingerprint density at radius 3 is 2.64 bits per heavy atom. The van der Waals surface area contributed by atoms with Crippen molar-refractivity contribution in [2.45, 2.75) is 17.3 Å². The fraction of sp³-hybridized carbons (Fsp3) is 0.125. The Morgan fingerprint density at radius 1 is 1.04 bits per heavy atom. The molecule has 0 unspecified atom stereocenters. The van der Waals surface area contributed by atoms with Crippen LogP contribution in [0.25, 0.3) is 23.0 Å². The molecule has 0 aliphatic carbocycles. The van der Waals surface area contributed by atoms with Crippen molar-refractivity contribution < 1.29 is 8.83 Å². The highest BCUT2D eigenvalue weighted by Gasteiger charge is 2.21. The third-order valence-electron chi connectivity index (χ3n) is 3.50. The van der Waals surface area contributed by atoms with Crippen molar-refractivity contribution in [1.82, 2.24) is 25.1 Å². The summed E-state index contributed by atoms with van der Waals surface area (Å²) < 4.78 is 12.4. The summed E-state index contributed by atoms with van der Waals surface area (Å²) >= 11 is 1.38. The largest absolute Gasteiger partial charge is 0.461 e. The van der Waals surface area contributed by atoms with Crippen molar-refractivity contribution in [3.8, 4) is 23.0 Å². The van der Waals surface area contributed by atoms with Crippen LogP contribution in [0, 0.1) is 0 Å². The Hall–Kier alpha value is -3.07. The van der Waals surface area contributed by atoms with Crippen LogP contribution >= 0.6 is 11.8 Å². The number of benzene rings is 1. The van der Waals surface area contributed by atoms with Crippen LogP contribution in [0.15, 0.2) is 62.7 Å². The number of rotatable bonds is 5. The van der Waals surface area contributed by atoms with Gasteiger partial charge >= 0.3 is 0 Å². The quantitative estimate of drug-likeness (QED) is 0.430. The molecule has 4 rings (SSSR count). The van der Waals surface area contributed by atoms with Gasteiger partial charge in [-0.05, 0) is 31.2 Å². The molecule has 1 atom stereocenters. The lowest BCUT2D eigenvalue weighted by molar-refractivity contribution is 0.509. The van der Waals surface area contributed by atoms with Gasteiger partial charge in [0, 0.05) is 5.56 Å². The van der Waals surface area contributed by atoms with E-state index in [0.29, 0.717) is 28.5 Å². The lowest BCUT2D eigenvalue weighted by Gasteiger charge is -2.05. The molecule has 0 amide bonds. The first-order valence-corrected chi connectivity index (χ1v) is 8.40. The highest BCUT2D eigenvalue weighted by atomic mass is 32.2. The molecule has 1 aromatic carbocycles. The lowest BCUT2D eigenvalue weighted by atomic mass is 10.2. The molecule has 25 heavy (non-hydrogen) atoms. The molecule has 3 heterocycles. The van der Waals surface area contributed by atoms with Gasteiger partial charge in [-0.2, -0.15) is 0 Å². The Kier molecular flexibility index (Phi) is 3.98. The molecule has 0 radical (unpaired) electrons. The predicted molar refractivity (Wildman–Crippen MR) is 91.9 cm³/mol. The first-order valence-electron chi connectivity index (χ1n) is 7.52. The summed E-state index contributed by atoms with van der Waals surface area (Å²) in [4.78, 5) is 0. The number of hydrogen-bond acceptors (Lipinski definition) is 8. The Bertz CT molecular complexity index is 964. The van der Waals surface area contributed by atoms with Gasteiger partial charge in [-0.1, -0.05) is 30.0 Å². The minimum Gasteiger partial charge on any atom is -0.461 e. The number of nitrogens with zero attached hydrogens (tertiary/aromatic N) is 5. The van der Waals surface area contributed by atoms with Gasteiger partial charge in [0.1, 0.15) is 0 Å².